The minimum absolute atomic E-state index is 0.635. The standard InChI is InChI=1S/C51H34N2O.C31H25N.C21H12ClNO/c1-4-10-35(11-5-1)37-20-27-44(28-21-37)53(45-29-22-38(23-30-45)36-12-6-2-7-13-36)46-31-24-39(25-32-46)43-19-17-40-16-18-41-26-33-48-50(49(41)47(40)34-43)54-51(52-48)42-14-8-3-9-15-42;1-24-12-18-29(19-13-24)32(30-20-14-27(15-21-30)25-8-4-2-5-9-25)31-22-16-28(17-23-31)26-10-6-3-7-11-26;22-16-10-8-13-6-7-14-9-11-18-20(19(14)17(13)12-16)24-21(23-18)15-4-2-1-3-5-15/h1-34H;2-23H,1H3;1-12H. The van der Waals surface area contributed by atoms with E-state index in [9.17, 15) is 0 Å². The lowest BCUT2D eigenvalue weighted by atomic mass is 9.96. The summed E-state index contributed by atoms with van der Waals surface area (Å²) >= 11 is 6.23. The second-order valence-corrected chi connectivity index (χ2v) is 27.9. The van der Waals surface area contributed by atoms with Crippen LogP contribution in [0.4, 0.5) is 34.1 Å². The van der Waals surface area contributed by atoms with E-state index in [4.69, 9.17) is 25.4 Å². The van der Waals surface area contributed by atoms with Crippen molar-refractivity contribution in [2.45, 2.75) is 6.92 Å². The minimum atomic E-state index is 0.635. The Morgan fingerprint density at radius 3 is 0.809 bits per heavy atom. The average molecular weight is 1430 g/mol. The SMILES string of the molecule is Cc1ccc(N(c2ccc(-c3ccccc3)cc2)c2ccc(-c3ccccc3)cc2)cc1.Clc1ccc2ccc3ccc4nc(-c5ccccc5)oc4c3c2c1.c1ccc(-c2ccc(N(c3ccc(-c4ccccc4)cc3)c3ccc(-c4ccc5ccc6ccc7nc(-c8ccccc8)oc7c6c5c4)cc3)cc2)cc1. The Bertz CT molecular complexity index is 6420. The van der Waals surface area contributed by atoms with Crippen molar-refractivity contribution in [2.75, 3.05) is 9.80 Å². The fourth-order valence-corrected chi connectivity index (χ4v) is 14.9. The molecule has 0 aliphatic carbocycles. The largest absolute Gasteiger partial charge is 0.435 e. The Labute approximate surface area is 643 Å². The molecule has 0 aliphatic rings. The maximum absolute atomic E-state index is 6.50. The molecule has 0 bridgehead atoms. The van der Waals surface area contributed by atoms with Crippen molar-refractivity contribution in [1.82, 2.24) is 9.97 Å². The zero-order valence-electron chi connectivity index (χ0n) is 60.2. The number of rotatable bonds is 13. The molecular weight excluding hydrogens is 1360 g/mol. The second-order valence-electron chi connectivity index (χ2n) is 27.4. The van der Waals surface area contributed by atoms with Gasteiger partial charge in [0.2, 0.25) is 11.8 Å². The molecule has 0 atom stereocenters. The third-order valence-electron chi connectivity index (χ3n) is 20.4. The van der Waals surface area contributed by atoms with Crippen LogP contribution < -0.4 is 9.80 Å². The van der Waals surface area contributed by atoms with E-state index in [2.05, 4.69) is 349 Å². The highest BCUT2D eigenvalue weighted by Crippen LogP contribution is 2.43. The van der Waals surface area contributed by atoms with E-state index in [1.165, 1.54) is 50.1 Å². The van der Waals surface area contributed by atoms with Crippen molar-refractivity contribution in [1.29, 1.82) is 0 Å². The molecule has 522 valence electrons. The van der Waals surface area contributed by atoms with Gasteiger partial charge in [0.15, 0.2) is 11.2 Å². The Balaban J connectivity index is 0.000000128. The zero-order chi connectivity index (χ0) is 73.7. The summed E-state index contributed by atoms with van der Waals surface area (Å²) in [6.45, 7) is 2.12. The quantitative estimate of drug-likeness (QED) is 0.107. The van der Waals surface area contributed by atoms with Crippen LogP contribution in [0, 0.1) is 6.92 Å². The lowest BCUT2D eigenvalue weighted by Gasteiger charge is -2.26. The molecule has 0 N–H and O–H groups in total. The highest BCUT2D eigenvalue weighted by molar-refractivity contribution is 6.32. The van der Waals surface area contributed by atoms with Crippen molar-refractivity contribution in [2.24, 2.45) is 0 Å². The number of hydrogen-bond acceptors (Lipinski definition) is 6. The third-order valence-corrected chi connectivity index (χ3v) is 20.6. The molecule has 2 heterocycles. The summed E-state index contributed by atoms with van der Waals surface area (Å²) in [5.41, 5.74) is 25.2. The van der Waals surface area contributed by atoms with Gasteiger partial charge < -0.3 is 18.6 Å². The van der Waals surface area contributed by atoms with Crippen LogP contribution in [-0.2, 0) is 0 Å². The summed E-state index contributed by atoms with van der Waals surface area (Å²) < 4.78 is 12.7. The van der Waals surface area contributed by atoms with Crippen LogP contribution in [-0.4, -0.2) is 9.97 Å². The summed E-state index contributed by atoms with van der Waals surface area (Å²) in [4.78, 5) is 14.2. The van der Waals surface area contributed by atoms with Gasteiger partial charge in [0, 0.05) is 61.0 Å². The molecule has 0 amide bonds. The number of oxazole rings is 2. The van der Waals surface area contributed by atoms with Gasteiger partial charge in [-0.3, -0.25) is 0 Å². The molecule has 7 heteroatoms. The van der Waals surface area contributed by atoms with Crippen LogP contribution >= 0.6 is 11.6 Å². The first-order valence-corrected chi connectivity index (χ1v) is 37.4. The van der Waals surface area contributed by atoms with Gasteiger partial charge in [-0.2, -0.15) is 0 Å². The molecular formula is C103H71ClN4O2. The highest BCUT2D eigenvalue weighted by Gasteiger charge is 2.20. The van der Waals surface area contributed by atoms with E-state index in [0.717, 1.165) is 127 Å². The summed E-state index contributed by atoms with van der Waals surface area (Å²) in [6, 6.07) is 144. The van der Waals surface area contributed by atoms with Crippen molar-refractivity contribution in [3.8, 4) is 78.5 Å². The Kier molecular flexibility index (Phi) is 18.7. The van der Waals surface area contributed by atoms with Crippen molar-refractivity contribution in [3.05, 3.63) is 423 Å². The van der Waals surface area contributed by atoms with Crippen LogP contribution in [0.25, 0.3) is 144 Å². The number of hydrogen-bond donors (Lipinski definition) is 0. The summed E-state index contributed by atoms with van der Waals surface area (Å²) in [5.74, 6) is 1.27. The van der Waals surface area contributed by atoms with E-state index in [1.54, 1.807) is 0 Å². The van der Waals surface area contributed by atoms with E-state index in [1.807, 2.05) is 84.9 Å². The Hall–Kier alpha value is -14.2. The van der Waals surface area contributed by atoms with Gasteiger partial charge in [-0.1, -0.05) is 302 Å². The van der Waals surface area contributed by atoms with Crippen LogP contribution in [0.2, 0.25) is 5.02 Å². The maximum atomic E-state index is 6.50. The van der Waals surface area contributed by atoms with Gasteiger partial charge in [0.05, 0.1) is 0 Å². The highest BCUT2D eigenvalue weighted by atomic mass is 35.5. The summed E-state index contributed by atoms with van der Waals surface area (Å²) in [5, 5.41) is 9.64. The van der Waals surface area contributed by atoms with Gasteiger partial charge in [-0.25, -0.2) is 9.97 Å². The average Bonchev–Trinajstić information content (AvgIpc) is 1.50. The first-order valence-electron chi connectivity index (χ1n) is 37.0. The number of benzene rings is 18. The maximum Gasteiger partial charge on any atom is 0.227 e. The monoisotopic (exact) mass is 1430 g/mol. The Morgan fingerprint density at radius 2 is 0.473 bits per heavy atom. The molecule has 0 spiro atoms. The lowest BCUT2D eigenvalue weighted by Crippen LogP contribution is -2.09. The van der Waals surface area contributed by atoms with Gasteiger partial charge >= 0.3 is 0 Å². The molecule has 6 nitrogen and oxygen atoms in total. The molecule has 18 aromatic carbocycles. The first-order chi connectivity index (χ1) is 54.3. The topological polar surface area (TPSA) is 58.5 Å². The normalized spacial score (nSPS) is 11.2. The van der Waals surface area contributed by atoms with Crippen molar-refractivity contribution < 1.29 is 8.83 Å². The third kappa shape index (κ3) is 14.1. The molecule has 20 rings (SSSR count). The molecule has 20 aromatic rings. The number of aryl methyl sites for hydroxylation is 1. The van der Waals surface area contributed by atoms with E-state index < -0.39 is 0 Å². The minimum Gasteiger partial charge on any atom is -0.435 e. The predicted octanol–water partition coefficient (Wildman–Crippen LogP) is 29.5. The number of nitrogens with zero attached hydrogens (tertiary/aromatic N) is 4. The molecule has 0 radical (unpaired) electrons. The van der Waals surface area contributed by atoms with E-state index in [0.29, 0.717) is 11.8 Å². The lowest BCUT2D eigenvalue weighted by molar-refractivity contribution is 0.623. The van der Waals surface area contributed by atoms with Gasteiger partial charge in [0.25, 0.3) is 0 Å². The van der Waals surface area contributed by atoms with Crippen molar-refractivity contribution in [3.63, 3.8) is 0 Å². The summed E-state index contributed by atoms with van der Waals surface area (Å²) in [6.07, 6.45) is 0. The molecule has 0 aliphatic heterocycles. The van der Waals surface area contributed by atoms with Gasteiger partial charge in [-0.15, -0.1) is 0 Å². The molecule has 2 aromatic heterocycles. The molecule has 110 heavy (non-hydrogen) atoms. The molecule has 0 unspecified atom stereocenters. The number of halogens is 1. The zero-order valence-corrected chi connectivity index (χ0v) is 61.0. The number of fused-ring (bicyclic) bond motifs is 10. The number of anilines is 6. The first kappa shape index (κ1) is 67.7. The van der Waals surface area contributed by atoms with Crippen LogP contribution in [0.3, 0.4) is 0 Å². The van der Waals surface area contributed by atoms with Crippen LogP contribution in [0.1, 0.15) is 5.56 Å². The molecule has 0 fully saturated rings. The van der Waals surface area contributed by atoms with E-state index in [-0.39, 0.29) is 0 Å². The fourth-order valence-electron chi connectivity index (χ4n) is 14.7. The fraction of sp³-hybridized carbons (Fsp3) is 0.00971. The Morgan fingerprint density at radius 1 is 0.227 bits per heavy atom. The predicted molar refractivity (Wildman–Crippen MR) is 462 cm³/mol. The molecule has 0 saturated heterocycles. The molecule has 0 saturated carbocycles. The van der Waals surface area contributed by atoms with Gasteiger partial charge in [0.1, 0.15) is 11.0 Å². The van der Waals surface area contributed by atoms with Crippen LogP contribution in [0.15, 0.2) is 421 Å². The van der Waals surface area contributed by atoms with Crippen molar-refractivity contribution >= 4 is 111 Å². The summed E-state index contributed by atoms with van der Waals surface area (Å²) in [7, 11) is 0. The van der Waals surface area contributed by atoms with E-state index >= 15 is 0 Å². The van der Waals surface area contributed by atoms with Crippen LogP contribution in [0.5, 0.6) is 0 Å². The second kappa shape index (κ2) is 30.4. The number of aromatic nitrogens is 2. The van der Waals surface area contributed by atoms with Gasteiger partial charge in [-0.05, 0) is 222 Å². The smallest absolute Gasteiger partial charge is 0.227 e.